The number of benzene rings is 1. The molecule has 126 valence electrons. The van der Waals surface area contributed by atoms with Crippen molar-refractivity contribution in [3.05, 3.63) is 35.9 Å². The zero-order chi connectivity index (χ0) is 16.9. The molecule has 0 spiro atoms. The third-order valence-electron chi connectivity index (χ3n) is 4.60. The van der Waals surface area contributed by atoms with Crippen molar-refractivity contribution in [2.45, 2.75) is 31.3 Å². The lowest BCUT2D eigenvalue weighted by atomic mass is 9.81. The first-order valence-corrected chi connectivity index (χ1v) is 7.90. The number of esters is 1. The van der Waals surface area contributed by atoms with Gasteiger partial charge in [0.15, 0.2) is 0 Å². The van der Waals surface area contributed by atoms with E-state index in [-0.39, 0.29) is 11.6 Å². The molecular weight excluding hydrogens is 294 g/mol. The summed E-state index contributed by atoms with van der Waals surface area (Å²) in [6.45, 7) is 2.89. The lowest BCUT2D eigenvalue weighted by molar-refractivity contribution is -0.142. The minimum absolute atomic E-state index is 0.105. The lowest BCUT2D eigenvalue weighted by Gasteiger charge is -2.42. The molecular formula is C17H25N3O3. The molecule has 1 fully saturated rings. The van der Waals surface area contributed by atoms with Gasteiger partial charge in [-0.3, -0.25) is 0 Å². The van der Waals surface area contributed by atoms with Crippen molar-refractivity contribution in [2.75, 3.05) is 27.2 Å². The van der Waals surface area contributed by atoms with Crippen LogP contribution in [-0.4, -0.2) is 50.2 Å². The number of methoxy groups -OCH3 is 1. The van der Waals surface area contributed by atoms with Crippen molar-refractivity contribution in [3.8, 4) is 0 Å². The van der Waals surface area contributed by atoms with E-state index in [1.165, 1.54) is 12.7 Å². The van der Waals surface area contributed by atoms with Crippen LogP contribution in [0.3, 0.4) is 0 Å². The molecule has 0 radical (unpaired) electrons. The summed E-state index contributed by atoms with van der Waals surface area (Å²) < 4.78 is 4.63. The van der Waals surface area contributed by atoms with Crippen LogP contribution in [0.2, 0.25) is 0 Å². The van der Waals surface area contributed by atoms with Gasteiger partial charge in [-0.1, -0.05) is 30.3 Å². The topological polar surface area (TPSA) is 70.7 Å². The average Bonchev–Trinajstić information content (AvgIpc) is 2.61. The van der Waals surface area contributed by atoms with Crippen LogP contribution in [0.1, 0.15) is 25.3 Å². The Labute approximate surface area is 137 Å². The minimum atomic E-state index is -0.641. The molecule has 6 heteroatoms. The summed E-state index contributed by atoms with van der Waals surface area (Å²) in [6.07, 6.45) is 1.65. The van der Waals surface area contributed by atoms with Gasteiger partial charge in [-0.05, 0) is 32.4 Å². The van der Waals surface area contributed by atoms with Crippen LogP contribution in [-0.2, 0) is 15.1 Å². The molecule has 23 heavy (non-hydrogen) atoms. The van der Waals surface area contributed by atoms with Gasteiger partial charge in [0, 0.05) is 18.6 Å². The summed E-state index contributed by atoms with van der Waals surface area (Å²) in [5.41, 5.74) is 1.14. The molecule has 6 nitrogen and oxygen atoms in total. The van der Waals surface area contributed by atoms with Crippen molar-refractivity contribution in [1.82, 2.24) is 15.5 Å². The number of amides is 2. The Morgan fingerprint density at radius 3 is 2.35 bits per heavy atom. The largest absolute Gasteiger partial charge is 0.467 e. The second kappa shape index (κ2) is 7.46. The number of likely N-dealkylation sites (tertiary alicyclic amines) is 1. The average molecular weight is 319 g/mol. The summed E-state index contributed by atoms with van der Waals surface area (Å²) >= 11 is 0. The fraction of sp³-hybridized carbons (Fsp3) is 0.529. The number of piperidine rings is 1. The van der Waals surface area contributed by atoms with Crippen molar-refractivity contribution in [2.24, 2.45) is 0 Å². The number of nitrogens with one attached hydrogen (secondary N) is 2. The van der Waals surface area contributed by atoms with Crippen molar-refractivity contribution in [1.29, 1.82) is 0 Å². The van der Waals surface area contributed by atoms with E-state index in [0.717, 1.165) is 12.8 Å². The van der Waals surface area contributed by atoms with Crippen LogP contribution >= 0.6 is 0 Å². The van der Waals surface area contributed by atoms with Crippen LogP contribution < -0.4 is 10.6 Å². The van der Waals surface area contributed by atoms with E-state index in [9.17, 15) is 9.59 Å². The first kappa shape index (κ1) is 17.3. The first-order valence-electron chi connectivity index (χ1n) is 7.90. The van der Waals surface area contributed by atoms with E-state index < -0.39 is 12.0 Å². The standard InChI is InChI=1S/C17H25N3O3/c1-13(15(21)23-3)19-16(22)20-11-9-17(18-2,10-12-20)14-7-5-4-6-8-14/h4-8,13,18H,9-12H2,1-3H3,(H,19,22). The van der Waals surface area contributed by atoms with E-state index >= 15 is 0 Å². The second-order valence-corrected chi connectivity index (χ2v) is 5.88. The lowest BCUT2D eigenvalue weighted by Crippen LogP contribution is -2.54. The molecule has 1 unspecified atom stereocenters. The van der Waals surface area contributed by atoms with Crippen LogP contribution in [0, 0.1) is 0 Å². The molecule has 0 bridgehead atoms. The molecule has 1 saturated heterocycles. The van der Waals surface area contributed by atoms with Gasteiger partial charge >= 0.3 is 12.0 Å². The minimum Gasteiger partial charge on any atom is -0.467 e. The van der Waals surface area contributed by atoms with Crippen molar-refractivity contribution >= 4 is 12.0 Å². The Morgan fingerprint density at radius 1 is 1.22 bits per heavy atom. The van der Waals surface area contributed by atoms with E-state index in [2.05, 4.69) is 27.5 Å². The zero-order valence-electron chi connectivity index (χ0n) is 14.0. The third-order valence-corrected chi connectivity index (χ3v) is 4.60. The van der Waals surface area contributed by atoms with Gasteiger partial charge in [-0.15, -0.1) is 0 Å². The predicted octanol–water partition coefficient (Wildman–Crippen LogP) is 1.47. The summed E-state index contributed by atoms with van der Waals surface area (Å²) in [5.74, 6) is -0.441. The SMILES string of the molecule is CNC1(c2ccccc2)CCN(C(=O)NC(C)C(=O)OC)CC1. The third kappa shape index (κ3) is 3.82. The number of rotatable bonds is 4. The summed E-state index contributed by atoms with van der Waals surface area (Å²) in [6, 6.07) is 9.44. The highest BCUT2D eigenvalue weighted by molar-refractivity contribution is 5.83. The molecule has 1 aromatic carbocycles. The molecule has 1 aromatic rings. The fourth-order valence-electron chi connectivity index (χ4n) is 3.04. The van der Waals surface area contributed by atoms with Crippen molar-refractivity contribution in [3.63, 3.8) is 0 Å². The molecule has 0 aliphatic carbocycles. The van der Waals surface area contributed by atoms with Crippen LogP contribution in [0.25, 0.3) is 0 Å². The van der Waals surface area contributed by atoms with Gasteiger partial charge in [0.25, 0.3) is 0 Å². The highest BCUT2D eigenvalue weighted by atomic mass is 16.5. The van der Waals surface area contributed by atoms with Crippen LogP contribution in [0.4, 0.5) is 4.79 Å². The Morgan fingerprint density at radius 2 is 1.83 bits per heavy atom. The highest BCUT2D eigenvalue weighted by Gasteiger charge is 2.36. The molecule has 2 amide bonds. The zero-order valence-corrected chi connectivity index (χ0v) is 14.0. The number of carbonyl (C=O) groups excluding carboxylic acids is 2. The quantitative estimate of drug-likeness (QED) is 0.825. The number of ether oxygens (including phenoxy) is 1. The normalized spacial score (nSPS) is 18.1. The van der Waals surface area contributed by atoms with Gasteiger partial charge < -0.3 is 20.3 Å². The summed E-state index contributed by atoms with van der Waals surface area (Å²) in [4.78, 5) is 25.4. The number of hydrogen-bond acceptors (Lipinski definition) is 4. The monoisotopic (exact) mass is 319 g/mol. The molecule has 2 N–H and O–H groups in total. The molecule has 1 aliphatic heterocycles. The summed E-state index contributed by atoms with van der Waals surface area (Å²) in [5, 5.41) is 6.11. The Hall–Kier alpha value is -2.08. The van der Waals surface area contributed by atoms with E-state index in [1.807, 2.05) is 25.2 Å². The Balaban J connectivity index is 1.97. The van der Waals surface area contributed by atoms with Gasteiger partial charge in [0.05, 0.1) is 7.11 Å². The predicted molar refractivity (Wildman–Crippen MR) is 88.0 cm³/mol. The van der Waals surface area contributed by atoms with Gasteiger partial charge in [-0.25, -0.2) is 9.59 Å². The fourth-order valence-corrected chi connectivity index (χ4v) is 3.04. The Bertz CT molecular complexity index is 539. The smallest absolute Gasteiger partial charge is 0.328 e. The number of urea groups is 1. The van der Waals surface area contributed by atoms with Crippen molar-refractivity contribution < 1.29 is 14.3 Å². The Kier molecular flexibility index (Phi) is 5.60. The maximum absolute atomic E-state index is 12.3. The molecule has 2 rings (SSSR count). The molecule has 1 aliphatic rings. The molecule has 0 saturated carbocycles. The number of nitrogens with zero attached hydrogens (tertiary/aromatic N) is 1. The number of hydrogen-bond donors (Lipinski definition) is 2. The molecule has 0 aromatic heterocycles. The molecule has 1 heterocycles. The second-order valence-electron chi connectivity index (χ2n) is 5.88. The van der Waals surface area contributed by atoms with Gasteiger partial charge in [-0.2, -0.15) is 0 Å². The van der Waals surface area contributed by atoms with Gasteiger partial charge in [0.1, 0.15) is 6.04 Å². The maximum Gasteiger partial charge on any atom is 0.328 e. The first-order chi connectivity index (χ1) is 11.0. The van der Waals surface area contributed by atoms with E-state index in [1.54, 1.807) is 11.8 Å². The highest BCUT2D eigenvalue weighted by Crippen LogP contribution is 2.32. The maximum atomic E-state index is 12.3. The van der Waals surface area contributed by atoms with E-state index in [0.29, 0.717) is 13.1 Å². The summed E-state index contributed by atoms with van der Waals surface area (Å²) in [7, 11) is 3.27. The van der Waals surface area contributed by atoms with Crippen LogP contribution in [0.15, 0.2) is 30.3 Å². The molecule has 1 atom stereocenters. The van der Waals surface area contributed by atoms with Crippen LogP contribution in [0.5, 0.6) is 0 Å². The van der Waals surface area contributed by atoms with Gasteiger partial charge in [0.2, 0.25) is 0 Å². The van der Waals surface area contributed by atoms with E-state index in [4.69, 9.17) is 0 Å². The number of carbonyl (C=O) groups is 2.